The van der Waals surface area contributed by atoms with E-state index in [4.69, 9.17) is 0 Å². The fourth-order valence-electron chi connectivity index (χ4n) is 5.52. The molecule has 0 aliphatic heterocycles. The Kier molecular flexibility index (Phi) is 5.22. The lowest BCUT2D eigenvalue weighted by Gasteiger charge is -2.10. The summed E-state index contributed by atoms with van der Waals surface area (Å²) in [4.78, 5) is 0. The Hall–Kier alpha value is -5.64. The van der Waals surface area contributed by atoms with Gasteiger partial charge < -0.3 is 4.57 Å². The zero-order chi connectivity index (χ0) is 26.3. The molecule has 3 heteroatoms. The molecule has 1 heterocycles. The molecule has 1 aromatic heterocycles. The van der Waals surface area contributed by atoms with Crippen LogP contribution in [-0.4, -0.2) is 4.57 Å². The number of fused-ring (bicyclic) bond motifs is 4. The van der Waals surface area contributed by atoms with Crippen LogP contribution in [0.25, 0.3) is 60.5 Å². The molecule has 0 saturated carbocycles. The quantitative estimate of drug-likeness (QED) is 0.246. The van der Waals surface area contributed by atoms with E-state index in [1.54, 1.807) is 12.1 Å². The van der Waals surface area contributed by atoms with Crippen molar-refractivity contribution in [3.05, 3.63) is 139 Å². The molecule has 0 bridgehead atoms. The van der Waals surface area contributed by atoms with Gasteiger partial charge in [0.15, 0.2) is 0 Å². The van der Waals surface area contributed by atoms with Crippen LogP contribution in [0.2, 0.25) is 0 Å². The van der Waals surface area contributed by atoms with Crippen LogP contribution in [0.3, 0.4) is 0 Å². The minimum absolute atomic E-state index is 0.398. The normalized spacial score (nSPS) is 11.0. The molecule has 39 heavy (non-hydrogen) atoms. The standard InChI is InChI=1S/C36H21N3/c37-22-30-14-13-29(21-31(30)23-38)28-12-11-26-19-25(9-10-27(26)20-28)24-15-17-32(18-16-24)39-35-7-3-1-5-33(35)34-6-2-4-8-36(34)39/h1-21H. The van der Waals surface area contributed by atoms with Crippen LogP contribution in [0.1, 0.15) is 11.1 Å². The van der Waals surface area contributed by atoms with E-state index < -0.39 is 0 Å². The second kappa shape index (κ2) is 9.03. The van der Waals surface area contributed by atoms with Crippen molar-refractivity contribution in [2.75, 3.05) is 0 Å². The van der Waals surface area contributed by atoms with Gasteiger partial charge in [-0.3, -0.25) is 0 Å². The average molecular weight is 496 g/mol. The van der Waals surface area contributed by atoms with Gasteiger partial charge in [-0.15, -0.1) is 0 Å². The van der Waals surface area contributed by atoms with E-state index in [9.17, 15) is 10.5 Å². The van der Waals surface area contributed by atoms with Crippen LogP contribution in [-0.2, 0) is 0 Å². The number of para-hydroxylation sites is 2. The van der Waals surface area contributed by atoms with E-state index in [2.05, 4.69) is 126 Å². The zero-order valence-electron chi connectivity index (χ0n) is 21.0. The van der Waals surface area contributed by atoms with E-state index in [-0.39, 0.29) is 0 Å². The first-order valence-corrected chi connectivity index (χ1v) is 12.8. The van der Waals surface area contributed by atoms with Crippen molar-refractivity contribution in [1.82, 2.24) is 4.57 Å². The van der Waals surface area contributed by atoms with Crippen LogP contribution in [0.15, 0.2) is 127 Å². The molecule has 0 fully saturated rings. The predicted molar refractivity (Wildman–Crippen MR) is 159 cm³/mol. The van der Waals surface area contributed by atoms with Gasteiger partial charge in [0.1, 0.15) is 12.1 Å². The van der Waals surface area contributed by atoms with Crippen LogP contribution in [0, 0.1) is 22.7 Å². The van der Waals surface area contributed by atoms with Crippen molar-refractivity contribution in [3.8, 4) is 40.1 Å². The third-order valence-corrected chi connectivity index (χ3v) is 7.47. The Balaban J connectivity index is 1.24. The lowest BCUT2D eigenvalue weighted by atomic mass is 9.96. The second-order valence-electron chi connectivity index (χ2n) is 9.68. The molecule has 7 rings (SSSR count). The average Bonchev–Trinajstić information content (AvgIpc) is 3.34. The Labute approximate surface area is 226 Å². The maximum Gasteiger partial charge on any atom is 0.101 e. The number of nitriles is 2. The maximum atomic E-state index is 9.39. The summed E-state index contributed by atoms with van der Waals surface area (Å²) < 4.78 is 2.33. The summed E-state index contributed by atoms with van der Waals surface area (Å²) in [6.45, 7) is 0. The molecule has 0 N–H and O–H groups in total. The van der Waals surface area contributed by atoms with Gasteiger partial charge in [-0.05, 0) is 81.6 Å². The molecule has 3 nitrogen and oxygen atoms in total. The second-order valence-corrected chi connectivity index (χ2v) is 9.68. The van der Waals surface area contributed by atoms with Crippen molar-refractivity contribution >= 4 is 32.6 Å². The first kappa shape index (κ1) is 22.5. The molecule has 0 amide bonds. The summed E-state index contributed by atoms with van der Waals surface area (Å²) in [5, 5.41) is 23.4. The Morgan fingerprint density at radius 3 is 1.51 bits per heavy atom. The van der Waals surface area contributed by atoms with Gasteiger partial charge in [-0.1, -0.05) is 78.9 Å². The smallest absolute Gasteiger partial charge is 0.101 e. The number of benzene rings is 6. The third-order valence-electron chi connectivity index (χ3n) is 7.47. The summed E-state index contributed by atoms with van der Waals surface area (Å²) in [7, 11) is 0. The predicted octanol–water partition coefficient (Wildman–Crippen LogP) is 9.01. The van der Waals surface area contributed by atoms with Gasteiger partial charge in [-0.25, -0.2) is 0 Å². The monoisotopic (exact) mass is 495 g/mol. The van der Waals surface area contributed by atoms with Gasteiger partial charge in [-0.2, -0.15) is 10.5 Å². The molecule has 0 atom stereocenters. The maximum absolute atomic E-state index is 9.39. The molecule has 0 aliphatic carbocycles. The highest BCUT2D eigenvalue weighted by molar-refractivity contribution is 6.09. The summed E-state index contributed by atoms with van der Waals surface area (Å²) in [6.07, 6.45) is 0. The van der Waals surface area contributed by atoms with Gasteiger partial charge in [0, 0.05) is 16.5 Å². The first-order valence-electron chi connectivity index (χ1n) is 12.8. The Morgan fingerprint density at radius 1 is 0.436 bits per heavy atom. The summed E-state index contributed by atoms with van der Waals surface area (Å²) in [6, 6.07) is 48.3. The van der Waals surface area contributed by atoms with E-state index in [1.807, 2.05) is 6.07 Å². The van der Waals surface area contributed by atoms with E-state index >= 15 is 0 Å². The van der Waals surface area contributed by atoms with Crippen LogP contribution in [0.4, 0.5) is 0 Å². The largest absolute Gasteiger partial charge is 0.309 e. The highest BCUT2D eigenvalue weighted by Crippen LogP contribution is 2.33. The van der Waals surface area contributed by atoms with E-state index in [1.165, 1.54) is 21.8 Å². The molecule has 0 saturated heterocycles. The molecular weight excluding hydrogens is 474 g/mol. The lowest BCUT2D eigenvalue weighted by Crippen LogP contribution is -1.93. The number of rotatable bonds is 3. The number of nitrogens with zero attached hydrogens (tertiary/aromatic N) is 3. The fraction of sp³-hybridized carbons (Fsp3) is 0. The van der Waals surface area contributed by atoms with Crippen molar-refractivity contribution in [3.63, 3.8) is 0 Å². The van der Waals surface area contributed by atoms with E-state index in [0.717, 1.165) is 38.7 Å². The number of hydrogen-bond donors (Lipinski definition) is 0. The summed E-state index contributed by atoms with van der Waals surface area (Å²) in [5.74, 6) is 0. The van der Waals surface area contributed by atoms with Crippen molar-refractivity contribution < 1.29 is 0 Å². The van der Waals surface area contributed by atoms with Crippen molar-refractivity contribution in [2.24, 2.45) is 0 Å². The van der Waals surface area contributed by atoms with Gasteiger partial charge in [0.25, 0.3) is 0 Å². The highest BCUT2D eigenvalue weighted by Gasteiger charge is 2.12. The van der Waals surface area contributed by atoms with Crippen molar-refractivity contribution in [1.29, 1.82) is 10.5 Å². The lowest BCUT2D eigenvalue weighted by molar-refractivity contribution is 1.18. The zero-order valence-corrected chi connectivity index (χ0v) is 21.0. The fourth-order valence-corrected chi connectivity index (χ4v) is 5.52. The SMILES string of the molecule is N#Cc1ccc(-c2ccc3cc(-c4ccc(-n5c6ccccc6c6ccccc65)cc4)ccc3c2)cc1C#N. The molecular formula is C36H21N3. The first-order chi connectivity index (χ1) is 19.2. The molecule has 180 valence electrons. The summed E-state index contributed by atoms with van der Waals surface area (Å²) >= 11 is 0. The Bertz CT molecular complexity index is 2080. The molecule has 6 aromatic carbocycles. The van der Waals surface area contributed by atoms with E-state index in [0.29, 0.717) is 11.1 Å². The molecule has 7 aromatic rings. The third kappa shape index (κ3) is 3.74. The molecule has 0 radical (unpaired) electrons. The van der Waals surface area contributed by atoms with Gasteiger partial charge in [0.2, 0.25) is 0 Å². The van der Waals surface area contributed by atoms with Crippen molar-refractivity contribution in [2.45, 2.75) is 0 Å². The molecule has 0 unspecified atom stereocenters. The van der Waals surface area contributed by atoms with Crippen LogP contribution < -0.4 is 0 Å². The summed E-state index contributed by atoms with van der Waals surface area (Å²) in [5.41, 5.74) is 8.62. The highest BCUT2D eigenvalue weighted by atomic mass is 15.0. The minimum atomic E-state index is 0.398. The van der Waals surface area contributed by atoms with Crippen LogP contribution in [0.5, 0.6) is 0 Å². The number of aromatic nitrogens is 1. The molecule has 0 aliphatic rings. The van der Waals surface area contributed by atoms with Gasteiger partial charge in [0.05, 0.1) is 22.2 Å². The minimum Gasteiger partial charge on any atom is -0.309 e. The van der Waals surface area contributed by atoms with Gasteiger partial charge >= 0.3 is 0 Å². The number of hydrogen-bond acceptors (Lipinski definition) is 2. The Morgan fingerprint density at radius 2 is 0.923 bits per heavy atom. The van der Waals surface area contributed by atoms with Crippen LogP contribution >= 0.6 is 0 Å². The molecule has 0 spiro atoms. The topological polar surface area (TPSA) is 52.5 Å².